The first-order valence-electron chi connectivity index (χ1n) is 16.7. The van der Waals surface area contributed by atoms with Crippen LogP contribution in [0.15, 0.2) is 0 Å². The average Bonchev–Trinajstić information content (AvgIpc) is 2.88. The number of phosphoric acid groups is 1. The average molecular weight is 573 g/mol. The Morgan fingerprint density at radius 1 is 0.395 bits per heavy atom. The summed E-state index contributed by atoms with van der Waals surface area (Å²) in [6.45, 7) is 5.06. The Labute approximate surface area is 249 Å². The summed E-state index contributed by atoms with van der Waals surface area (Å²) in [5.41, 5.74) is 0. The molecule has 0 atom stereocenters. The smallest absolute Gasteiger partial charge is 0.756 e. The molecule has 226 valence electrons. The Kier molecular flexibility index (Phi) is 36.3. The summed E-state index contributed by atoms with van der Waals surface area (Å²) in [5.74, 6) is 0. The van der Waals surface area contributed by atoms with Gasteiger partial charge >= 0.3 is 17.4 Å². The molecule has 0 bridgehead atoms. The predicted molar refractivity (Wildman–Crippen MR) is 166 cm³/mol. The standard InChI is InChI=1S/C32H67O4P.Al/c1-3-5-7-9-11-13-15-17-19-21-23-25-27-29-31-35-37(33,34)36-32-30-28-26-24-22-20-18-16-14-12-10-8-6-4-2;/h3-32H2,1-2H3,(H,33,34);/q;+1/p-1. The Morgan fingerprint density at radius 3 is 0.789 bits per heavy atom. The first kappa shape index (κ1) is 40.8. The third kappa shape index (κ3) is 34.7. The van der Waals surface area contributed by atoms with E-state index in [0.717, 1.165) is 25.7 Å². The van der Waals surface area contributed by atoms with Gasteiger partial charge in [-0.25, -0.2) is 0 Å². The largest absolute Gasteiger partial charge is 1.00 e. The van der Waals surface area contributed by atoms with Gasteiger partial charge in [-0.3, -0.25) is 4.57 Å². The van der Waals surface area contributed by atoms with Gasteiger partial charge in [-0.1, -0.05) is 181 Å². The number of phosphoric ester groups is 1. The molecule has 0 fully saturated rings. The van der Waals surface area contributed by atoms with E-state index in [2.05, 4.69) is 13.8 Å². The second-order valence-electron chi connectivity index (χ2n) is 11.3. The SMILES string of the molecule is CCCCCCCCCCCCCCCCOP(=O)([O-])OCCCCCCCCCCCCCCCC.[Al+]. The van der Waals surface area contributed by atoms with Crippen molar-refractivity contribution in [2.75, 3.05) is 13.2 Å². The zero-order valence-corrected chi connectivity index (χ0v) is 27.9. The Hall–Kier alpha value is 0.642. The quantitative estimate of drug-likeness (QED) is 0.0457. The van der Waals surface area contributed by atoms with Gasteiger partial charge in [-0.05, 0) is 12.8 Å². The van der Waals surface area contributed by atoms with Crippen molar-refractivity contribution in [1.82, 2.24) is 0 Å². The fraction of sp³-hybridized carbons (Fsp3) is 1.00. The van der Waals surface area contributed by atoms with Crippen LogP contribution in [-0.2, 0) is 13.6 Å². The molecule has 0 N–H and O–H groups in total. The van der Waals surface area contributed by atoms with E-state index in [1.54, 1.807) is 0 Å². The minimum absolute atomic E-state index is 0. The van der Waals surface area contributed by atoms with E-state index in [1.165, 1.54) is 154 Å². The summed E-state index contributed by atoms with van der Waals surface area (Å²) in [6.07, 6.45) is 36.0. The number of hydrogen-bond donors (Lipinski definition) is 0. The maximum absolute atomic E-state index is 11.9. The minimum Gasteiger partial charge on any atom is -0.756 e. The molecule has 0 unspecified atom stereocenters. The molecule has 0 aromatic heterocycles. The molecule has 6 heteroatoms. The van der Waals surface area contributed by atoms with Gasteiger partial charge in [0.05, 0.1) is 13.2 Å². The monoisotopic (exact) mass is 572 g/mol. The molecule has 0 heterocycles. The molecule has 2 radical (unpaired) electrons. The molecular formula is C32H66AlO4P. The van der Waals surface area contributed by atoms with Gasteiger partial charge in [-0.2, -0.15) is 0 Å². The van der Waals surface area contributed by atoms with Gasteiger partial charge in [0.15, 0.2) is 0 Å². The third-order valence-corrected chi connectivity index (χ3v) is 8.49. The summed E-state index contributed by atoms with van der Waals surface area (Å²) in [6, 6.07) is 0. The van der Waals surface area contributed by atoms with Gasteiger partial charge in [-0.15, -0.1) is 0 Å². The van der Waals surface area contributed by atoms with E-state index in [9.17, 15) is 9.46 Å². The fourth-order valence-corrected chi connectivity index (χ4v) is 5.76. The van der Waals surface area contributed by atoms with E-state index in [4.69, 9.17) is 9.05 Å². The van der Waals surface area contributed by atoms with Crippen molar-refractivity contribution in [1.29, 1.82) is 0 Å². The van der Waals surface area contributed by atoms with E-state index >= 15 is 0 Å². The molecule has 0 aromatic rings. The second-order valence-corrected chi connectivity index (χ2v) is 12.7. The summed E-state index contributed by atoms with van der Waals surface area (Å²) < 4.78 is 21.9. The zero-order valence-electron chi connectivity index (χ0n) is 25.9. The summed E-state index contributed by atoms with van der Waals surface area (Å²) >= 11 is 0. The van der Waals surface area contributed by atoms with Crippen LogP contribution in [0.5, 0.6) is 0 Å². The van der Waals surface area contributed by atoms with Crippen molar-refractivity contribution >= 4 is 25.2 Å². The molecule has 0 spiro atoms. The van der Waals surface area contributed by atoms with Gasteiger partial charge in [0, 0.05) is 0 Å². The molecule has 38 heavy (non-hydrogen) atoms. The molecule has 0 aliphatic carbocycles. The summed E-state index contributed by atoms with van der Waals surface area (Å²) in [5, 5.41) is 0. The van der Waals surface area contributed by atoms with E-state index in [-0.39, 0.29) is 30.6 Å². The molecule has 0 aliphatic heterocycles. The van der Waals surface area contributed by atoms with Crippen molar-refractivity contribution in [3.05, 3.63) is 0 Å². The second kappa shape index (κ2) is 33.8. The van der Waals surface area contributed by atoms with Crippen LogP contribution < -0.4 is 4.89 Å². The van der Waals surface area contributed by atoms with Crippen molar-refractivity contribution in [3.63, 3.8) is 0 Å². The normalized spacial score (nSPS) is 11.7. The molecule has 0 rings (SSSR count). The zero-order chi connectivity index (χ0) is 27.1. The van der Waals surface area contributed by atoms with Crippen molar-refractivity contribution in [3.8, 4) is 0 Å². The van der Waals surface area contributed by atoms with Gasteiger partial charge in [0.2, 0.25) is 0 Å². The van der Waals surface area contributed by atoms with Crippen LogP contribution in [0.4, 0.5) is 0 Å². The first-order chi connectivity index (χ1) is 18.1. The van der Waals surface area contributed by atoms with E-state index < -0.39 is 7.82 Å². The summed E-state index contributed by atoms with van der Waals surface area (Å²) in [4.78, 5) is 11.9. The topological polar surface area (TPSA) is 58.6 Å². The van der Waals surface area contributed by atoms with E-state index in [0.29, 0.717) is 0 Å². The number of rotatable bonds is 32. The Bertz CT molecular complexity index is 440. The first-order valence-corrected chi connectivity index (χ1v) is 18.2. The summed E-state index contributed by atoms with van der Waals surface area (Å²) in [7, 11) is -4.12. The maximum Gasteiger partial charge on any atom is 1.00 e. The predicted octanol–water partition coefficient (Wildman–Crippen LogP) is 11.1. The molecular weight excluding hydrogens is 506 g/mol. The number of unbranched alkanes of at least 4 members (excludes halogenated alkanes) is 26. The maximum atomic E-state index is 11.9. The van der Waals surface area contributed by atoms with Crippen LogP contribution >= 0.6 is 7.82 Å². The minimum atomic E-state index is -4.12. The van der Waals surface area contributed by atoms with Crippen LogP contribution in [0, 0.1) is 0 Å². The van der Waals surface area contributed by atoms with E-state index in [1.807, 2.05) is 0 Å². The van der Waals surface area contributed by atoms with Crippen LogP contribution in [0.1, 0.15) is 194 Å². The molecule has 0 saturated heterocycles. The molecule has 0 aliphatic rings. The van der Waals surface area contributed by atoms with Crippen molar-refractivity contribution in [2.45, 2.75) is 194 Å². The van der Waals surface area contributed by atoms with Crippen LogP contribution in [0.2, 0.25) is 0 Å². The van der Waals surface area contributed by atoms with Crippen LogP contribution in [0.25, 0.3) is 0 Å². The van der Waals surface area contributed by atoms with Crippen molar-refractivity contribution in [2.24, 2.45) is 0 Å². The molecule has 4 nitrogen and oxygen atoms in total. The van der Waals surface area contributed by atoms with Gasteiger partial charge < -0.3 is 13.9 Å². The molecule has 0 saturated carbocycles. The van der Waals surface area contributed by atoms with Crippen LogP contribution in [0.3, 0.4) is 0 Å². The molecule has 0 aromatic carbocycles. The molecule has 0 amide bonds. The van der Waals surface area contributed by atoms with Crippen molar-refractivity contribution < 1.29 is 18.5 Å². The van der Waals surface area contributed by atoms with Gasteiger partial charge in [0.1, 0.15) is 0 Å². The Balaban J connectivity index is 0. The third-order valence-electron chi connectivity index (χ3n) is 7.49. The Morgan fingerprint density at radius 2 is 0.579 bits per heavy atom. The fourth-order valence-electron chi connectivity index (χ4n) is 4.98. The number of hydrogen-bond acceptors (Lipinski definition) is 4. The van der Waals surface area contributed by atoms with Crippen LogP contribution in [-0.4, -0.2) is 30.6 Å². The van der Waals surface area contributed by atoms with Gasteiger partial charge in [0.25, 0.3) is 7.82 Å².